The van der Waals surface area contributed by atoms with Crippen molar-refractivity contribution >= 4 is 29.0 Å². The van der Waals surface area contributed by atoms with Gasteiger partial charge in [-0.25, -0.2) is 4.79 Å². The van der Waals surface area contributed by atoms with E-state index in [0.29, 0.717) is 22.1 Å². The topological polar surface area (TPSA) is 71.0 Å². The number of benzene rings is 2. The summed E-state index contributed by atoms with van der Waals surface area (Å²) in [5.41, 5.74) is 4.92. The van der Waals surface area contributed by atoms with Gasteiger partial charge in [0.25, 0.3) is 0 Å². The van der Waals surface area contributed by atoms with Gasteiger partial charge in [0.15, 0.2) is 16.6 Å². The van der Waals surface area contributed by atoms with Crippen molar-refractivity contribution in [2.24, 2.45) is 0 Å². The fraction of sp³-hybridized carbons (Fsp3) is 0.273. The first kappa shape index (κ1) is 20.7. The summed E-state index contributed by atoms with van der Waals surface area (Å²) < 4.78 is 10.3. The molecule has 0 aromatic heterocycles. The second-order valence-electron chi connectivity index (χ2n) is 6.99. The summed E-state index contributed by atoms with van der Waals surface area (Å²) in [5, 5.41) is 13.6. The Labute approximate surface area is 175 Å². The number of methoxy groups -OCH3 is 2. The molecule has 0 radical (unpaired) electrons. The Morgan fingerprint density at radius 1 is 1.10 bits per heavy atom. The zero-order valence-electron chi connectivity index (χ0n) is 17.1. The van der Waals surface area contributed by atoms with Crippen LogP contribution in [0.15, 0.2) is 47.7 Å². The van der Waals surface area contributed by atoms with E-state index in [1.807, 2.05) is 37.8 Å². The minimum atomic E-state index is -0.536. The number of phenolic OH excluding ortho intramolecular Hbond substituents is 1. The molecule has 2 aromatic carbocycles. The van der Waals surface area contributed by atoms with Gasteiger partial charge in [0.1, 0.15) is 0 Å². The molecule has 0 saturated heterocycles. The normalized spacial score (nSPS) is 16.5. The molecule has 2 N–H and O–H groups in total. The van der Waals surface area contributed by atoms with Crippen molar-refractivity contribution in [2.75, 3.05) is 19.1 Å². The Hall–Kier alpha value is -3.06. The third kappa shape index (κ3) is 3.91. The molecule has 3 rings (SSSR count). The van der Waals surface area contributed by atoms with Crippen molar-refractivity contribution in [1.82, 2.24) is 5.32 Å². The van der Waals surface area contributed by atoms with Crippen molar-refractivity contribution in [2.45, 2.75) is 26.8 Å². The van der Waals surface area contributed by atoms with Gasteiger partial charge in [-0.1, -0.05) is 12.1 Å². The van der Waals surface area contributed by atoms with Crippen molar-refractivity contribution in [3.63, 3.8) is 0 Å². The van der Waals surface area contributed by atoms with Crippen LogP contribution in [0, 0.1) is 13.8 Å². The van der Waals surface area contributed by atoms with E-state index in [2.05, 4.69) is 11.4 Å². The van der Waals surface area contributed by atoms with E-state index < -0.39 is 12.0 Å². The lowest BCUT2D eigenvalue weighted by Crippen LogP contribution is -2.48. The number of aryl methyl sites for hydroxylation is 2. The highest BCUT2D eigenvalue weighted by Gasteiger charge is 2.35. The minimum Gasteiger partial charge on any atom is -0.504 e. The number of nitrogens with zero attached hydrogens (tertiary/aromatic N) is 1. The molecule has 1 unspecified atom stereocenters. The molecule has 152 valence electrons. The molecular formula is C22H24N2O4S. The van der Waals surface area contributed by atoms with E-state index in [1.165, 1.54) is 20.3 Å². The van der Waals surface area contributed by atoms with Crippen LogP contribution in [0.25, 0.3) is 0 Å². The summed E-state index contributed by atoms with van der Waals surface area (Å²) in [7, 11) is 2.83. The maximum atomic E-state index is 12.7. The quantitative estimate of drug-likeness (QED) is 0.583. The van der Waals surface area contributed by atoms with Crippen LogP contribution in [0.5, 0.6) is 11.5 Å². The van der Waals surface area contributed by atoms with Crippen LogP contribution in [0.1, 0.15) is 29.7 Å². The van der Waals surface area contributed by atoms with Crippen molar-refractivity contribution < 1.29 is 19.4 Å². The summed E-state index contributed by atoms with van der Waals surface area (Å²) in [6, 6.07) is 10.5. The maximum absolute atomic E-state index is 12.7. The fourth-order valence-corrected chi connectivity index (χ4v) is 3.99. The number of thiocarbonyl (C=S) groups is 1. The number of hydrogen-bond acceptors (Lipinski definition) is 5. The second-order valence-corrected chi connectivity index (χ2v) is 7.37. The highest BCUT2D eigenvalue weighted by molar-refractivity contribution is 7.80. The van der Waals surface area contributed by atoms with E-state index >= 15 is 0 Å². The lowest BCUT2D eigenvalue weighted by molar-refractivity contribution is -0.136. The highest BCUT2D eigenvalue weighted by Crippen LogP contribution is 2.37. The molecule has 1 atom stereocenters. The number of aromatic hydroxyl groups is 1. The molecule has 6 nitrogen and oxygen atoms in total. The smallest absolute Gasteiger partial charge is 0.337 e. The third-order valence-electron chi connectivity index (χ3n) is 4.89. The molecule has 1 aliphatic heterocycles. The number of phenols is 1. The second kappa shape index (κ2) is 8.13. The Bertz CT molecular complexity index is 996. The van der Waals surface area contributed by atoms with Gasteiger partial charge in [-0.15, -0.1) is 0 Å². The minimum absolute atomic E-state index is 0.0202. The molecule has 2 aromatic rings. The summed E-state index contributed by atoms with van der Waals surface area (Å²) in [6.07, 6.45) is 0. The van der Waals surface area contributed by atoms with Crippen LogP contribution in [-0.4, -0.2) is 30.4 Å². The van der Waals surface area contributed by atoms with E-state index in [0.717, 1.165) is 22.4 Å². The summed E-state index contributed by atoms with van der Waals surface area (Å²) in [6.45, 7) is 5.88. The van der Waals surface area contributed by atoms with Crippen LogP contribution >= 0.6 is 12.2 Å². The summed E-state index contributed by atoms with van der Waals surface area (Å²) >= 11 is 5.66. The number of esters is 1. The Balaban J connectivity index is 2.17. The number of carbonyl (C=O) groups excluding carboxylic acids is 1. The average molecular weight is 413 g/mol. The molecule has 7 heteroatoms. The first-order valence-corrected chi connectivity index (χ1v) is 9.52. The Morgan fingerprint density at radius 2 is 1.76 bits per heavy atom. The number of rotatable bonds is 4. The van der Waals surface area contributed by atoms with Crippen molar-refractivity contribution in [3.05, 3.63) is 64.4 Å². The zero-order chi connectivity index (χ0) is 21.3. The van der Waals surface area contributed by atoms with E-state index in [9.17, 15) is 9.90 Å². The lowest BCUT2D eigenvalue weighted by atomic mass is 9.94. The lowest BCUT2D eigenvalue weighted by Gasteiger charge is -2.37. The van der Waals surface area contributed by atoms with Gasteiger partial charge in [0.2, 0.25) is 0 Å². The number of hydrogen-bond donors (Lipinski definition) is 2. The van der Waals surface area contributed by atoms with Crippen LogP contribution < -0.4 is 15.0 Å². The molecule has 0 fully saturated rings. The summed E-state index contributed by atoms with van der Waals surface area (Å²) in [4.78, 5) is 14.6. The molecule has 0 bridgehead atoms. The number of carbonyl (C=O) groups is 1. The molecule has 1 aliphatic rings. The number of ether oxygens (including phenoxy) is 2. The Kier molecular flexibility index (Phi) is 5.79. The van der Waals surface area contributed by atoms with Crippen LogP contribution in [0.3, 0.4) is 0 Å². The molecule has 1 heterocycles. The SMILES string of the molecule is COC(=O)C1=C(C)N(c2cc(C)cc(C)c2)C(=S)NC1c1ccc(O)c(OC)c1. The third-order valence-corrected chi connectivity index (χ3v) is 5.19. The average Bonchev–Trinajstić information content (AvgIpc) is 2.66. The Morgan fingerprint density at radius 3 is 2.34 bits per heavy atom. The number of allylic oxidation sites excluding steroid dienone is 1. The first-order chi connectivity index (χ1) is 13.8. The van der Waals surface area contributed by atoms with Crippen LogP contribution in [0.2, 0.25) is 0 Å². The monoisotopic (exact) mass is 412 g/mol. The van der Waals surface area contributed by atoms with E-state index in [-0.39, 0.29) is 5.75 Å². The molecule has 29 heavy (non-hydrogen) atoms. The molecule has 0 amide bonds. The predicted molar refractivity (Wildman–Crippen MR) is 116 cm³/mol. The summed E-state index contributed by atoms with van der Waals surface area (Å²) in [5.74, 6) is -0.121. The largest absolute Gasteiger partial charge is 0.504 e. The molecular weight excluding hydrogens is 388 g/mol. The van der Waals surface area contributed by atoms with Gasteiger partial charge in [0.05, 0.1) is 25.8 Å². The first-order valence-electron chi connectivity index (χ1n) is 9.11. The maximum Gasteiger partial charge on any atom is 0.337 e. The van der Waals surface area contributed by atoms with E-state index in [4.69, 9.17) is 21.7 Å². The number of nitrogens with one attached hydrogen (secondary N) is 1. The molecule has 0 spiro atoms. The molecule has 0 saturated carbocycles. The highest BCUT2D eigenvalue weighted by atomic mass is 32.1. The number of anilines is 1. The van der Waals surface area contributed by atoms with Crippen LogP contribution in [-0.2, 0) is 9.53 Å². The van der Waals surface area contributed by atoms with Crippen molar-refractivity contribution in [3.8, 4) is 11.5 Å². The van der Waals surface area contributed by atoms with Crippen LogP contribution in [0.4, 0.5) is 5.69 Å². The van der Waals surface area contributed by atoms with Gasteiger partial charge in [-0.3, -0.25) is 4.90 Å². The predicted octanol–water partition coefficient (Wildman–Crippen LogP) is 3.90. The molecule has 0 aliphatic carbocycles. The van der Waals surface area contributed by atoms with Crippen molar-refractivity contribution in [1.29, 1.82) is 0 Å². The zero-order valence-corrected chi connectivity index (χ0v) is 17.9. The van der Waals surface area contributed by atoms with Gasteiger partial charge < -0.3 is 19.9 Å². The van der Waals surface area contributed by atoms with Gasteiger partial charge >= 0.3 is 5.97 Å². The van der Waals surface area contributed by atoms with Gasteiger partial charge in [0, 0.05) is 11.4 Å². The van der Waals surface area contributed by atoms with Gasteiger partial charge in [-0.2, -0.15) is 0 Å². The van der Waals surface area contributed by atoms with Gasteiger partial charge in [-0.05, 0) is 73.9 Å². The fourth-order valence-electron chi connectivity index (χ4n) is 3.63. The van der Waals surface area contributed by atoms with E-state index in [1.54, 1.807) is 12.1 Å². The standard InChI is InChI=1S/C22H24N2O4S/c1-12-8-13(2)10-16(9-12)24-14(3)19(21(26)28-5)20(23-22(24)29)15-6-7-17(25)18(11-15)27-4/h6-11,20,25H,1-5H3,(H,23,29).